The van der Waals surface area contributed by atoms with Crippen molar-refractivity contribution in [2.24, 2.45) is 17.3 Å². The minimum atomic E-state index is -4.33. The predicted octanol–water partition coefficient (Wildman–Crippen LogP) is 5.91. The molecule has 192 valence electrons. The van der Waals surface area contributed by atoms with Crippen molar-refractivity contribution in [1.29, 1.82) is 0 Å². The van der Waals surface area contributed by atoms with Crippen molar-refractivity contribution in [1.82, 2.24) is 10.2 Å². The first-order valence-electron chi connectivity index (χ1n) is 12.8. The van der Waals surface area contributed by atoms with Crippen molar-refractivity contribution in [2.45, 2.75) is 77.3 Å². The number of hydrogen-bond acceptors (Lipinski definition) is 3. The highest BCUT2D eigenvalue weighted by molar-refractivity contribution is 5.82. The third-order valence-corrected chi connectivity index (χ3v) is 7.74. The van der Waals surface area contributed by atoms with Crippen LogP contribution in [0.4, 0.5) is 13.2 Å². The summed E-state index contributed by atoms with van der Waals surface area (Å²) in [5, 5.41) is 2.97. The summed E-state index contributed by atoms with van der Waals surface area (Å²) in [5.74, 6) is 1.01. The molecule has 1 N–H and O–H groups in total. The normalized spacial score (nSPS) is 26.5. The van der Waals surface area contributed by atoms with E-state index in [9.17, 15) is 22.8 Å². The maximum atomic E-state index is 13.2. The average molecular weight is 493 g/mol. The summed E-state index contributed by atoms with van der Waals surface area (Å²) >= 11 is 0. The first kappa shape index (κ1) is 25.6. The molecule has 5 nitrogen and oxygen atoms in total. The van der Waals surface area contributed by atoms with E-state index in [0.29, 0.717) is 49.6 Å². The van der Waals surface area contributed by atoms with Gasteiger partial charge in [-0.3, -0.25) is 9.59 Å². The summed E-state index contributed by atoms with van der Waals surface area (Å²) in [6.07, 6.45) is 11.1. The van der Waals surface area contributed by atoms with Gasteiger partial charge < -0.3 is 15.0 Å². The number of nitrogens with one attached hydrogen (secondary N) is 1. The minimum absolute atomic E-state index is 0.102. The maximum absolute atomic E-state index is 13.2. The van der Waals surface area contributed by atoms with Gasteiger partial charge in [0.25, 0.3) is 0 Å². The lowest BCUT2D eigenvalue weighted by atomic mass is 9.83. The Morgan fingerprint density at radius 1 is 1.06 bits per heavy atom. The van der Waals surface area contributed by atoms with Crippen molar-refractivity contribution >= 4 is 11.8 Å². The van der Waals surface area contributed by atoms with E-state index in [4.69, 9.17) is 4.74 Å². The summed E-state index contributed by atoms with van der Waals surface area (Å²) in [6.45, 7) is 2.36. The molecule has 1 saturated heterocycles. The topological polar surface area (TPSA) is 58.6 Å². The van der Waals surface area contributed by atoms with Crippen LogP contribution >= 0.6 is 0 Å². The van der Waals surface area contributed by atoms with E-state index in [2.05, 4.69) is 5.32 Å². The molecule has 35 heavy (non-hydrogen) atoms. The summed E-state index contributed by atoms with van der Waals surface area (Å²) in [6, 6.07) is 0. The minimum Gasteiger partial charge on any atom is -0.460 e. The van der Waals surface area contributed by atoms with Crippen molar-refractivity contribution in [2.75, 3.05) is 13.1 Å². The van der Waals surface area contributed by atoms with E-state index in [1.54, 1.807) is 6.08 Å². The molecule has 0 spiro atoms. The fourth-order valence-electron chi connectivity index (χ4n) is 5.21. The first-order chi connectivity index (χ1) is 16.7. The van der Waals surface area contributed by atoms with Crippen molar-refractivity contribution in [3.05, 3.63) is 47.6 Å². The van der Waals surface area contributed by atoms with E-state index in [1.165, 1.54) is 25.5 Å². The Hall–Kier alpha value is -2.51. The van der Waals surface area contributed by atoms with Crippen LogP contribution in [0.15, 0.2) is 47.6 Å². The Labute approximate surface area is 205 Å². The van der Waals surface area contributed by atoms with Crippen molar-refractivity contribution < 1.29 is 27.5 Å². The number of piperidine rings is 1. The molecule has 0 aromatic carbocycles. The molecule has 1 atom stereocenters. The number of nitrogens with zero attached hydrogens (tertiary/aromatic N) is 1. The first-order valence-corrected chi connectivity index (χ1v) is 12.8. The molecule has 4 aliphatic rings. The number of ether oxygens (including phenoxy) is 1. The second kappa shape index (κ2) is 10.6. The van der Waals surface area contributed by atoms with Gasteiger partial charge >= 0.3 is 6.18 Å². The Kier molecular flexibility index (Phi) is 7.77. The largest absolute Gasteiger partial charge is 0.460 e. The lowest BCUT2D eigenvalue weighted by Crippen LogP contribution is -2.45. The molecule has 0 aromatic rings. The standard InChI is InChI=1S/C27H35F3N2O3/c1-26(27(28,29)30)15-11-21(12-16-26)35-23-10-6-5-9-22(23)31-24(33)19-13-17-32(18-14-19)25(34)20-7-3-2-4-8-20/h5,9,11-12,15,19-20H,2-4,6-8,10,13-14,16-18H2,1H3,(H,31,33). The molecular formula is C27H35F3N2O3. The van der Waals surface area contributed by atoms with Crippen LogP contribution < -0.4 is 5.32 Å². The number of rotatable bonds is 5. The fourth-order valence-corrected chi connectivity index (χ4v) is 5.21. The van der Waals surface area contributed by atoms with Crippen LogP contribution in [0.1, 0.15) is 71.1 Å². The smallest absolute Gasteiger partial charge is 0.397 e. The van der Waals surface area contributed by atoms with Crippen molar-refractivity contribution in [3.63, 3.8) is 0 Å². The molecule has 0 radical (unpaired) electrons. The van der Waals surface area contributed by atoms with Crippen LogP contribution in [-0.4, -0.2) is 36.0 Å². The lowest BCUT2D eigenvalue weighted by molar-refractivity contribution is -0.199. The monoisotopic (exact) mass is 492 g/mol. The Morgan fingerprint density at radius 3 is 2.40 bits per heavy atom. The number of carbonyl (C=O) groups excluding carboxylic acids is 2. The number of hydrogen-bond donors (Lipinski definition) is 1. The molecule has 1 unspecified atom stereocenters. The van der Waals surface area contributed by atoms with Crippen LogP contribution in [0.3, 0.4) is 0 Å². The van der Waals surface area contributed by atoms with Gasteiger partial charge in [0.1, 0.15) is 11.5 Å². The summed E-state index contributed by atoms with van der Waals surface area (Å²) in [5.41, 5.74) is -1.34. The Balaban J connectivity index is 1.32. The number of halogens is 3. The molecular weight excluding hydrogens is 457 g/mol. The van der Waals surface area contributed by atoms with E-state index in [-0.39, 0.29) is 30.1 Å². The summed E-state index contributed by atoms with van der Waals surface area (Å²) < 4.78 is 45.7. The van der Waals surface area contributed by atoms with Gasteiger partial charge in [0.2, 0.25) is 11.8 Å². The van der Waals surface area contributed by atoms with Gasteiger partial charge in [-0.05, 0) is 63.7 Å². The number of amides is 2. The predicted molar refractivity (Wildman–Crippen MR) is 127 cm³/mol. The van der Waals surface area contributed by atoms with Crippen LogP contribution in [0.5, 0.6) is 0 Å². The van der Waals surface area contributed by atoms with E-state index < -0.39 is 11.6 Å². The molecule has 1 saturated carbocycles. The number of likely N-dealkylation sites (tertiary alicyclic amines) is 1. The number of allylic oxidation sites excluding steroid dienone is 6. The maximum Gasteiger partial charge on any atom is 0.397 e. The van der Waals surface area contributed by atoms with Crippen LogP contribution in [-0.2, 0) is 14.3 Å². The number of alkyl halides is 3. The highest BCUT2D eigenvalue weighted by Gasteiger charge is 2.49. The Morgan fingerprint density at radius 2 is 1.77 bits per heavy atom. The van der Waals surface area contributed by atoms with Gasteiger partial charge in [0, 0.05) is 31.3 Å². The molecule has 0 bridgehead atoms. The van der Waals surface area contributed by atoms with Crippen LogP contribution in [0, 0.1) is 17.3 Å². The molecule has 1 heterocycles. The third-order valence-electron chi connectivity index (χ3n) is 7.74. The zero-order chi connectivity index (χ0) is 25.1. The molecule has 8 heteroatoms. The summed E-state index contributed by atoms with van der Waals surface area (Å²) in [4.78, 5) is 27.7. The Bertz CT molecular complexity index is 936. The summed E-state index contributed by atoms with van der Waals surface area (Å²) in [7, 11) is 0. The zero-order valence-electron chi connectivity index (χ0n) is 20.3. The highest BCUT2D eigenvalue weighted by atomic mass is 19.4. The van der Waals surface area contributed by atoms with Crippen molar-refractivity contribution in [3.8, 4) is 0 Å². The molecule has 2 amide bonds. The van der Waals surface area contributed by atoms with Gasteiger partial charge in [-0.15, -0.1) is 0 Å². The van der Waals surface area contributed by atoms with E-state index >= 15 is 0 Å². The van der Waals surface area contributed by atoms with Gasteiger partial charge in [0.05, 0.1) is 11.1 Å². The van der Waals surface area contributed by atoms with Gasteiger partial charge in [0.15, 0.2) is 0 Å². The van der Waals surface area contributed by atoms with E-state index in [1.807, 2.05) is 11.0 Å². The fraction of sp³-hybridized carbons (Fsp3) is 0.630. The molecule has 2 fully saturated rings. The van der Waals surface area contributed by atoms with Gasteiger partial charge in [-0.25, -0.2) is 0 Å². The van der Waals surface area contributed by atoms with Crippen LogP contribution in [0.2, 0.25) is 0 Å². The van der Waals surface area contributed by atoms with Crippen LogP contribution in [0.25, 0.3) is 0 Å². The second-order valence-electron chi connectivity index (χ2n) is 10.4. The van der Waals surface area contributed by atoms with E-state index in [0.717, 1.165) is 38.2 Å². The zero-order valence-corrected chi connectivity index (χ0v) is 20.3. The highest BCUT2D eigenvalue weighted by Crippen LogP contribution is 2.45. The third kappa shape index (κ3) is 6.01. The SMILES string of the molecule is CC1(C(F)(F)F)C=CC(OC2=C(NC(=O)C3CCN(C(=O)C4CCCCC4)CC3)C=CCC2)=CC1. The molecule has 3 aliphatic carbocycles. The molecule has 4 rings (SSSR count). The van der Waals surface area contributed by atoms with Gasteiger partial charge in [-0.1, -0.05) is 31.4 Å². The quantitative estimate of drug-likeness (QED) is 0.519. The molecule has 1 aliphatic heterocycles. The average Bonchev–Trinajstić information content (AvgIpc) is 2.86. The van der Waals surface area contributed by atoms with Gasteiger partial charge in [-0.2, -0.15) is 13.2 Å². The molecule has 0 aromatic heterocycles. The number of carbonyl (C=O) groups is 2. The second-order valence-corrected chi connectivity index (χ2v) is 10.4. The lowest BCUT2D eigenvalue weighted by Gasteiger charge is -2.35.